The van der Waals surface area contributed by atoms with Gasteiger partial charge in [0.1, 0.15) is 6.33 Å². The van der Waals surface area contributed by atoms with E-state index in [1.165, 1.54) is 6.33 Å². The summed E-state index contributed by atoms with van der Waals surface area (Å²) in [4.78, 5) is 20.6. The fourth-order valence-electron chi connectivity index (χ4n) is 1.17. The van der Waals surface area contributed by atoms with E-state index < -0.39 is 0 Å². The molecule has 1 aromatic heterocycles. The van der Waals surface area contributed by atoms with Crippen molar-refractivity contribution in [2.75, 3.05) is 23.8 Å². The zero-order chi connectivity index (χ0) is 8.55. The number of fused-ring (bicyclic) bond motifs is 1. The van der Waals surface area contributed by atoms with Crippen LogP contribution in [0.25, 0.3) is 0 Å². The predicted octanol–water partition coefficient (Wildman–Crippen LogP) is -0.135. The second-order valence-corrected chi connectivity index (χ2v) is 2.66. The summed E-state index contributed by atoms with van der Waals surface area (Å²) < 4.78 is 0. The highest BCUT2D eigenvalue weighted by molar-refractivity contribution is 5.99. The van der Waals surface area contributed by atoms with Gasteiger partial charge in [0.2, 0.25) is 5.91 Å². The van der Waals surface area contributed by atoms with Crippen LogP contribution in [0.4, 0.5) is 11.5 Å². The third-order valence-corrected chi connectivity index (χ3v) is 1.74. The zero-order valence-electron chi connectivity index (χ0n) is 6.61. The Morgan fingerprint density at radius 2 is 2.50 bits per heavy atom. The average molecular weight is 164 g/mol. The number of carbonyl (C=O) groups is 1. The molecule has 0 aliphatic carbocycles. The molecule has 0 atom stereocenters. The van der Waals surface area contributed by atoms with Crippen molar-refractivity contribution < 1.29 is 4.79 Å². The molecule has 0 radical (unpaired) electrons. The van der Waals surface area contributed by atoms with Crippen LogP contribution in [0, 0.1) is 0 Å². The number of likely N-dealkylation sites (N-methyl/N-ethyl adjacent to an activating group) is 1. The maximum Gasteiger partial charge on any atom is 0.245 e. The quantitative estimate of drug-likeness (QED) is 0.580. The second kappa shape index (κ2) is 2.44. The molecular weight excluding hydrogens is 156 g/mol. The molecule has 1 aromatic rings. The van der Waals surface area contributed by atoms with Crippen LogP contribution in [-0.4, -0.2) is 29.5 Å². The summed E-state index contributed by atoms with van der Waals surface area (Å²) in [7, 11) is 1.83. The molecule has 5 nitrogen and oxygen atoms in total. The zero-order valence-corrected chi connectivity index (χ0v) is 6.61. The minimum Gasteiger partial charge on any atom is -0.361 e. The van der Waals surface area contributed by atoms with Crippen molar-refractivity contribution in [1.82, 2.24) is 9.97 Å². The average Bonchev–Trinajstić information content (AvgIpc) is 2.04. The van der Waals surface area contributed by atoms with Gasteiger partial charge in [0.05, 0.1) is 18.4 Å². The summed E-state index contributed by atoms with van der Waals surface area (Å²) in [6.45, 7) is 0.361. The first kappa shape index (κ1) is 7.02. The summed E-state index contributed by atoms with van der Waals surface area (Å²) in [5.41, 5.74) is 0.858. The number of nitrogens with one attached hydrogen (secondary N) is 1. The topological polar surface area (TPSA) is 58.1 Å². The number of rotatable bonds is 0. The van der Waals surface area contributed by atoms with Gasteiger partial charge in [-0.1, -0.05) is 0 Å². The lowest BCUT2D eigenvalue weighted by Gasteiger charge is -2.25. The van der Waals surface area contributed by atoms with Gasteiger partial charge in [0.25, 0.3) is 0 Å². The number of hydrogen-bond donors (Lipinski definition) is 1. The highest BCUT2D eigenvalue weighted by atomic mass is 16.2. The van der Waals surface area contributed by atoms with Gasteiger partial charge in [-0.25, -0.2) is 9.97 Å². The van der Waals surface area contributed by atoms with Gasteiger partial charge in [0, 0.05) is 7.05 Å². The molecule has 0 spiro atoms. The van der Waals surface area contributed by atoms with Crippen LogP contribution in [0.1, 0.15) is 0 Å². The lowest BCUT2D eigenvalue weighted by molar-refractivity contribution is -0.115. The normalized spacial score (nSPS) is 15.4. The molecule has 0 saturated heterocycles. The van der Waals surface area contributed by atoms with Crippen LogP contribution in [0.15, 0.2) is 12.5 Å². The smallest absolute Gasteiger partial charge is 0.245 e. The van der Waals surface area contributed by atoms with Crippen LogP contribution in [-0.2, 0) is 4.79 Å². The van der Waals surface area contributed by atoms with Gasteiger partial charge in [0.15, 0.2) is 5.82 Å². The fourth-order valence-corrected chi connectivity index (χ4v) is 1.17. The minimum absolute atomic E-state index is 0.0382. The maximum atomic E-state index is 11.0. The molecule has 1 N–H and O–H groups in total. The SMILES string of the molecule is CN1CC(=O)Nc2ncncc21. The molecule has 1 aliphatic heterocycles. The molecule has 0 fully saturated rings. The number of anilines is 2. The van der Waals surface area contributed by atoms with Crippen molar-refractivity contribution in [3.05, 3.63) is 12.5 Å². The van der Waals surface area contributed by atoms with Crippen molar-refractivity contribution >= 4 is 17.4 Å². The van der Waals surface area contributed by atoms with Crippen molar-refractivity contribution in [1.29, 1.82) is 0 Å². The lowest BCUT2D eigenvalue weighted by Crippen LogP contribution is -2.35. The van der Waals surface area contributed by atoms with Gasteiger partial charge in [-0.2, -0.15) is 0 Å². The highest BCUT2D eigenvalue weighted by Gasteiger charge is 2.19. The Balaban J connectivity index is 2.47. The van der Waals surface area contributed by atoms with Crippen LogP contribution >= 0.6 is 0 Å². The molecule has 2 rings (SSSR count). The second-order valence-electron chi connectivity index (χ2n) is 2.66. The Morgan fingerprint density at radius 3 is 3.33 bits per heavy atom. The number of aromatic nitrogens is 2. The van der Waals surface area contributed by atoms with Crippen LogP contribution in [0.3, 0.4) is 0 Å². The predicted molar refractivity (Wildman–Crippen MR) is 43.9 cm³/mol. The van der Waals surface area contributed by atoms with Gasteiger partial charge in [-0.05, 0) is 0 Å². The first-order valence-electron chi connectivity index (χ1n) is 3.58. The number of amides is 1. The summed E-state index contributed by atoms with van der Waals surface area (Å²) in [6, 6.07) is 0. The molecule has 1 amide bonds. The molecule has 5 heteroatoms. The summed E-state index contributed by atoms with van der Waals surface area (Å²) in [6.07, 6.45) is 3.10. The Bertz CT molecular complexity index is 325. The fraction of sp³-hybridized carbons (Fsp3) is 0.286. The molecule has 0 aromatic carbocycles. The van der Waals surface area contributed by atoms with Gasteiger partial charge in [-0.3, -0.25) is 4.79 Å². The summed E-state index contributed by atoms with van der Waals surface area (Å²) in [5, 5.41) is 2.66. The molecule has 0 unspecified atom stereocenters. The third-order valence-electron chi connectivity index (χ3n) is 1.74. The first-order chi connectivity index (χ1) is 5.77. The standard InChI is InChI=1S/C7H8N4O/c1-11-3-6(12)10-7-5(11)2-8-4-9-7/h2,4H,3H2,1H3,(H,8,9,10,12). The number of nitrogens with zero attached hydrogens (tertiary/aromatic N) is 3. The molecule has 62 valence electrons. The first-order valence-corrected chi connectivity index (χ1v) is 3.58. The van der Waals surface area contributed by atoms with E-state index in [4.69, 9.17) is 0 Å². The third kappa shape index (κ3) is 0.990. The maximum absolute atomic E-state index is 11.0. The largest absolute Gasteiger partial charge is 0.361 e. The number of carbonyl (C=O) groups excluding carboxylic acids is 1. The molecular formula is C7H8N4O. The van der Waals surface area contributed by atoms with Crippen LogP contribution in [0.2, 0.25) is 0 Å². The molecule has 2 heterocycles. The van der Waals surface area contributed by atoms with E-state index in [0.717, 1.165) is 5.69 Å². The van der Waals surface area contributed by atoms with E-state index >= 15 is 0 Å². The Hall–Kier alpha value is -1.65. The van der Waals surface area contributed by atoms with Gasteiger partial charge >= 0.3 is 0 Å². The summed E-state index contributed by atoms with van der Waals surface area (Å²) >= 11 is 0. The van der Waals surface area contributed by atoms with Gasteiger partial charge in [-0.15, -0.1) is 0 Å². The van der Waals surface area contributed by atoms with Gasteiger partial charge < -0.3 is 10.2 Å². The van der Waals surface area contributed by atoms with E-state index in [1.807, 2.05) is 11.9 Å². The van der Waals surface area contributed by atoms with Crippen LogP contribution < -0.4 is 10.2 Å². The van der Waals surface area contributed by atoms with E-state index in [9.17, 15) is 4.79 Å². The van der Waals surface area contributed by atoms with E-state index in [-0.39, 0.29) is 5.91 Å². The van der Waals surface area contributed by atoms with Crippen molar-refractivity contribution in [3.8, 4) is 0 Å². The Morgan fingerprint density at radius 1 is 1.67 bits per heavy atom. The monoisotopic (exact) mass is 164 g/mol. The van der Waals surface area contributed by atoms with Crippen molar-refractivity contribution in [2.24, 2.45) is 0 Å². The van der Waals surface area contributed by atoms with Crippen molar-refractivity contribution in [2.45, 2.75) is 0 Å². The van der Waals surface area contributed by atoms with E-state index in [0.29, 0.717) is 12.4 Å². The summed E-state index contributed by atoms with van der Waals surface area (Å²) in [5.74, 6) is 0.549. The highest BCUT2D eigenvalue weighted by Crippen LogP contribution is 2.23. The van der Waals surface area contributed by atoms with Crippen molar-refractivity contribution in [3.63, 3.8) is 0 Å². The van der Waals surface area contributed by atoms with E-state index in [2.05, 4.69) is 15.3 Å². The lowest BCUT2D eigenvalue weighted by atomic mass is 10.3. The van der Waals surface area contributed by atoms with E-state index in [1.54, 1.807) is 6.20 Å². The Kier molecular flexibility index (Phi) is 1.43. The molecule has 12 heavy (non-hydrogen) atoms. The minimum atomic E-state index is -0.0382. The Labute approximate surface area is 69.4 Å². The molecule has 0 saturated carbocycles. The molecule has 0 bridgehead atoms. The number of hydrogen-bond acceptors (Lipinski definition) is 4. The molecule has 1 aliphatic rings. The van der Waals surface area contributed by atoms with Crippen LogP contribution in [0.5, 0.6) is 0 Å².